The molecule has 0 radical (unpaired) electrons. The summed E-state index contributed by atoms with van der Waals surface area (Å²) in [4.78, 5) is 25.4. The molecule has 5 rings (SSSR count). The molecule has 22 heavy (non-hydrogen) atoms. The van der Waals surface area contributed by atoms with Crippen molar-refractivity contribution < 1.29 is 9.59 Å². The maximum absolute atomic E-state index is 11.7. The summed E-state index contributed by atoms with van der Waals surface area (Å²) in [6, 6.07) is 12.4. The lowest BCUT2D eigenvalue weighted by Crippen LogP contribution is -2.01. The molecule has 0 saturated carbocycles. The number of benzene rings is 3. The highest BCUT2D eigenvalue weighted by atomic mass is 32.2. The second-order valence-electron chi connectivity index (χ2n) is 5.39. The fraction of sp³-hybridized carbons (Fsp3) is 0. The summed E-state index contributed by atoms with van der Waals surface area (Å²) in [7, 11) is 0. The summed E-state index contributed by atoms with van der Waals surface area (Å²) in [5, 5.41) is 6.61. The third kappa shape index (κ3) is 1.65. The van der Waals surface area contributed by atoms with Crippen LogP contribution in [0.25, 0.3) is 33.7 Å². The second-order valence-corrected chi connectivity index (χ2v) is 7.42. The Morgan fingerprint density at radius 2 is 1.09 bits per heavy atom. The van der Waals surface area contributed by atoms with Crippen molar-refractivity contribution in [3.05, 3.63) is 46.8 Å². The van der Waals surface area contributed by atoms with E-state index >= 15 is 0 Å². The Bertz CT molecular complexity index is 1070. The molecule has 0 saturated heterocycles. The number of hydrogen-bond donors (Lipinski definition) is 0. The molecule has 2 aliphatic heterocycles. The van der Waals surface area contributed by atoms with Crippen LogP contribution in [0.15, 0.2) is 46.2 Å². The van der Waals surface area contributed by atoms with Gasteiger partial charge in [-0.1, -0.05) is 24.3 Å². The van der Waals surface area contributed by atoms with E-state index in [-0.39, 0.29) is 10.2 Å². The second kappa shape index (κ2) is 4.24. The van der Waals surface area contributed by atoms with Gasteiger partial charge in [-0.05, 0) is 67.6 Å². The highest BCUT2D eigenvalue weighted by Gasteiger charge is 2.18. The van der Waals surface area contributed by atoms with E-state index in [0.29, 0.717) is 0 Å². The number of carbonyl (C=O) groups is 2. The minimum Gasteiger partial charge on any atom is -0.282 e. The molecule has 2 nitrogen and oxygen atoms in total. The SMILES string of the molecule is O=C1C=c2ccc3cc4c5c(ccc4cc3c2S1)=CC(=O)S5. The number of fused-ring (bicyclic) bond motifs is 6. The van der Waals surface area contributed by atoms with Gasteiger partial charge in [0.25, 0.3) is 0 Å². The highest BCUT2D eigenvalue weighted by Crippen LogP contribution is 2.35. The predicted molar refractivity (Wildman–Crippen MR) is 91.4 cm³/mol. The van der Waals surface area contributed by atoms with Crippen molar-refractivity contribution in [2.75, 3.05) is 0 Å². The molecule has 0 aromatic heterocycles. The number of carbonyl (C=O) groups excluding carboxylic acids is 2. The van der Waals surface area contributed by atoms with Crippen molar-refractivity contribution in [2.45, 2.75) is 9.79 Å². The van der Waals surface area contributed by atoms with Crippen LogP contribution in [0.1, 0.15) is 0 Å². The van der Waals surface area contributed by atoms with Gasteiger partial charge in [-0.2, -0.15) is 0 Å². The molecular formula is C18H8O2S2. The van der Waals surface area contributed by atoms with Gasteiger partial charge < -0.3 is 0 Å². The molecule has 2 heterocycles. The molecule has 0 unspecified atom stereocenters. The van der Waals surface area contributed by atoms with E-state index in [1.54, 1.807) is 12.2 Å². The first kappa shape index (κ1) is 12.5. The molecule has 0 bridgehead atoms. The standard InChI is InChI=1S/C18H8O2S2/c19-15-7-11-3-1-9-5-14-10(6-13(9)17(11)21-15)2-4-12-8-16(20)22-18(12)14/h1-8H. The van der Waals surface area contributed by atoms with Crippen molar-refractivity contribution in [3.8, 4) is 0 Å². The lowest BCUT2D eigenvalue weighted by Gasteiger charge is -2.07. The van der Waals surface area contributed by atoms with Gasteiger partial charge in [0.1, 0.15) is 0 Å². The van der Waals surface area contributed by atoms with Gasteiger partial charge in [-0.15, -0.1) is 0 Å². The monoisotopic (exact) mass is 320 g/mol. The Hall–Kier alpha value is -2.04. The maximum atomic E-state index is 11.7. The molecule has 4 heteroatoms. The minimum atomic E-state index is 0.0901. The first-order valence-electron chi connectivity index (χ1n) is 6.86. The van der Waals surface area contributed by atoms with Crippen LogP contribution in [0.3, 0.4) is 0 Å². The predicted octanol–water partition coefficient (Wildman–Crippen LogP) is 2.82. The fourth-order valence-electron chi connectivity index (χ4n) is 3.09. The van der Waals surface area contributed by atoms with Crippen LogP contribution in [0.2, 0.25) is 0 Å². The first-order valence-corrected chi connectivity index (χ1v) is 8.49. The molecule has 0 fully saturated rings. The number of hydrogen-bond acceptors (Lipinski definition) is 4. The fourth-order valence-corrected chi connectivity index (χ4v) is 4.93. The Morgan fingerprint density at radius 1 is 0.636 bits per heavy atom. The van der Waals surface area contributed by atoms with Gasteiger partial charge in [-0.3, -0.25) is 9.59 Å². The third-order valence-corrected chi connectivity index (χ3v) is 6.03. The Labute approximate surface area is 133 Å². The third-order valence-electron chi connectivity index (χ3n) is 4.07. The molecule has 0 N–H and O–H groups in total. The Morgan fingerprint density at radius 3 is 1.55 bits per heavy atom. The largest absolute Gasteiger partial charge is 0.282 e. The molecule has 0 amide bonds. The summed E-state index contributed by atoms with van der Waals surface area (Å²) < 4.78 is 0. The summed E-state index contributed by atoms with van der Waals surface area (Å²) in [5.41, 5.74) is 0. The van der Waals surface area contributed by atoms with Crippen molar-refractivity contribution in [1.29, 1.82) is 0 Å². The van der Waals surface area contributed by atoms with Crippen LogP contribution in [-0.2, 0) is 9.59 Å². The van der Waals surface area contributed by atoms with Crippen LogP contribution in [0.5, 0.6) is 0 Å². The molecule has 3 aromatic carbocycles. The van der Waals surface area contributed by atoms with Crippen LogP contribution in [0.4, 0.5) is 0 Å². The normalized spacial score (nSPS) is 15.8. The van der Waals surface area contributed by atoms with Gasteiger partial charge >= 0.3 is 0 Å². The van der Waals surface area contributed by atoms with Crippen molar-refractivity contribution >= 4 is 67.5 Å². The summed E-state index contributed by atoms with van der Waals surface area (Å²) in [6.45, 7) is 0. The van der Waals surface area contributed by atoms with Gasteiger partial charge in [0.05, 0.1) is 0 Å². The van der Waals surface area contributed by atoms with E-state index in [2.05, 4.69) is 12.1 Å². The van der Waals surface area contributed by atoms with Gasteiger partial charge in [0.2, 0.25) is 10.2 Å². The summed E-state index contributed by atoms with van der Waals surface area (Å²) >= 11 is 2.59. The quantitative estimate of drug-likeness (QED) is 0.597. The van der Waals surface area contributed by atoms with Gasteiger partial charge in [-0.25, -0.2) is 0 Å². The molecule has 0 aliphatic carbocycles. The van der Waals surface area contributed by atoms with Crippen molar-refractivity contribution in [3.63, 3.8) is 0 Å². The average Bonchev–Trinajstić information content (AvgIpc) is 3.06. The minimum absolute atomic E-state index is 0.0901. The number of rotatable bonds is 0. The van der Waals surface area contributed by atoms with Crippen LogP contribution >= 0.6 is 23.5 Å². The lowest BCUT2D eigenvalue weighted by atomic mass is 10.0. The Kier molecular flexibility index (Phi) is 2.41. The maximum Gasteiger partial charge on any atom is 0.217 e. The van der Waals surface area contributed by atoms with E-state index < -0.39 is 0 Å². The van der Waals surface area contributed by atoms with Crippen LogP contribution in [0, 0.1) is 0 Å². The molecule has 3 aromatic rings. The first-order chi connectivity index (χ1) is 10.7. The van der Waals surface area contributed by atoms with Gasteiger partial charge in [0, 0.05) is 21.9 Å². The molecule has 0 spiro atoms. The topological polar surface area (TPSA) is 34.1 Å². The lowest BCUT2D eigenvalue weighted by molar-refractivity contribution is -0.106. The molecular weight excluding hydrogens is 312 g/mol. The van der Waals surface area contributed by atoms with E-state index in [1.807, 2.05) is 24.3 Å². The molecule has 0 atom stereocenters. The van der Waals surface area contributed by atoms with Gasteiger partial charge in [0.15, 0.2) is 0 Å². The van der Waals surface area contributed by atoms with E-state index in [1.165, 1.54) is 23.5 Å². The van der Waals surface area contributed by atoms with Crippen molar-refractivity contribution in [2.24, 2.45) is 0 Å². The smallest absolute Gasteiger partial charge is 0.217 e. The highest BCUT2D eigenvalue weighted by molar-refractivity contribution is 8.15. The zero-order chi connectivity index (χ0) is 14.8. The van der Waals surface area contributed by atoms with E-state index in [0.717, 1.165) is 41.8 Å². The average molecular weight is 320 g/mol. The summed E-state index contributed by atoms with van der Waals surface area (Å²) in [6.07, 6.45) is 3.38. The van der Waals surface area contributed by atoms with Crippen molar-refractivity contribution in [1.82, 2.24) is 0 Å². The van der Waals surface area contributed by atoms with Crippen LogP contribution < -0.4 is 10.4 Å². The summed E-state index contributed by atoms with van der Waals surface area (Å²) in [5.74, 6) is 0. The molecule has 2 aliphatic rings. The van der Waals surface area contributed by atoms with E-state index in [4.69, 9.17) is 0 Å². The zero-order valence-electron chi connectivity index (χ0n) is 11.3. The number of thioether (sulfide) groups is 2. The Balaban J connectivity index is 1.92. The molecule has 104 valence electrons. The van der Waals surface area contributed by atoms with Crippen LogP contribution in [-0.4, -0.2) is 10.2 Å². The van der Waals surface area contributed by atoms with E-state index in [9.17, 15) is 9.59 Å². The zero-order valence-corrected chi connectivity index (χ0v) is 12.9.